The van der Waals surface area contributed by atoms with E-state index < -0.39 is 0 Å². The molecular formula is C19H19N. The summed E-state index contributed by atoms with van der Waals surface area (Å²) >= 11 is 0. The zero-order valence-electron chi connectivity index (χ0n) is 11.9. The Morgan fingerprint density at radius 3 is 2.15 bits per heavy atom. The summed E-state index contributed by atoms with van der Waals surface area (Å²) in [5.41, 5.74) is 6.28. The second-order valence-corrected chi connectivity index (χ2v) is 5.45. The highest BCUT2D eigenvalue weighted by molar-refractivity contribution is 5.71. The molecule has 0 radical (unpaired) electrons. The van der Waals surface area contributed by atoms with E-state index in [0.717, 1.165) is 0 Å². The molecule has 20 heavy (non-hydrogen) atoms. The summed E-state index contributed by atoms with van der Waals surface area (Å²) < 4.78 is 0. The number of hydrogen-bond donors (Lipinski definition) is 1. The van der Waals surface area contributed by atoms with E-state index >= 15 is 0 Å². The molecule has 0 spiro atoms. The fourth-order valence-corrected chi connectivity index (χ4v) is 2.41. The molecule has 0 saturated carbocycles. The van der Waals surface area contributed by atoms with Crippen LogP contribution in [0.3, 0.4) is 0 Å². The number of aromatic nitrogens is 1. The molecule has 0 bridgehead atoms. The number of benzene rings is 2. The maximum absolute atomic E-state index is 3.38. The lowest BCUT2D eigenvalue weighted by Gasteiger charge is -2.04. The van der Waals surface area contributed by atoms with Crippen molar-refractivity contribution in [1.29, 1.82) is 0 Å². The van der Waals surface area contributed by atoms with Crippen molar-refractivity contribution in [3.8, 4) is 22.4 Å². The maximum atomic E-state index is 3.38. The minimum absolute atomic E-state index is 0.553. The number of aromatic amines is 1. The van der Waals surface area contributed by atoms with Crippen molar-refractivity contribution in [3.63, 3.8) is 0 Å². The standard InChI is InChI=1S/C19H19N/c1-14(2)18-12-19(20-13-18)17-10-6-9-16(11-17)15-7-4-3-5-8-15/h3-14,20H,1-2H3. The molecule has 0 aliphatic heterocycles. The Kier molecular flexibility index (Phi) is 3.42. The fraction of sp³-hybridized carbons (Fsp3) is 0.158. The minimum atomic E-state index is 0.553. The van der Waals surface area contributed by atoms with Gasteiger partial charge in [0.05, 0.1) is 0 Å². The third kappa shape index (κ3) is 2.53. The molecule has 1 aromatic heterocycles. The Bertz CT molecular complexity index is 693. The van der Waals surface area contributed by atoms with E-state index in [9.17, 15) is 0 Å². The largest absolute Gasteiger partial charge is 0.361 e. The number of H-pyrrole nitrogens is 1. The van der Waals surface area contributed by atoms with Gasteiger partial charge < -0.3 is 4.98 Å². The number of rotatable bonds is 3. The van der Waals surface area contributed by atoms with Gasteiger partial charge in [0, 0.05) is 11.9 Å². The van der Waals surface area contributed by atoms with Crippen molar-refractivity contribution < 1.29 is 0 Å². The van der Waals surface area contributed by atoms with E-state index in [2.05, 4.69) is 79.6 Å². The van der Waals surface area contributed by atoms with Gasteiger partial charge in [0.1, 0.15) is 0 Å². The van der Waals surface area contributed by atoms with Crippen LogP contribution in [0.4, 0.5) is 0 Å². The summed E-state index contributed by atoms with van der Waals surface area (Å²) in [5.74, 6) is 0.553. The molecule has 1 nitrogen and oxygen atoms in total. The summed E-state index contributed by atoms with van der Waals surface area (Å²) in [7, 11) is 0. The summed E-state index contributed by atoms with van der Waals surface area (Å²) in [6.07, 6.45) is 2.11. The molecular weight excluding hydrogens is 242 g/mol. The Morgan fingerprint density at radius 2 is 1.45 bits per heavy atom. The molecule has 0 saturated heterocycles. The van der Waals surface area contributed by atoms with E-state index in [4.69, 9.17) is 0 Å². The first-order valence-electron chi connectivity index (χ1n) is 7.08. The zero-order chi connectivity index (χ0) is 13.9. The topological polar surface area (TPSA) is 15.8 Å². The van der Waals surface area contributed by atoms with Crippen LogP contribution in [0, 0.1) is 0 Å². The highest BCUT2D eigenvalue weighted by Gasteiger charge is 2.06. The Labute approximate surface area is 120 Å². The lowest BCUT2D eigenvalue weighted by atomic mass is 10.0. The fourth-order valence-electron chi connectivity index (χ4n) is 2.41. The molecule has 0 aliphatic carbocycles. The molecule has 3 rings (SSSR count). The van der Waals surface area contributed by atoms with Crippen LogP contribution >= 0.6 is 0 Å². The molecule has 2 aromatic carbocycles. The van der Waals surface area contributed by atoms with Crippen molar-refractivity contribution in [2.75, 3.05) is 0 Å². The van der Waals surface area contributed by atoms with Gasteiger partial charge in [-0.15, -0.1) is 0 Å². The van der Waals surface area contributed by atoms with Gasteiger partial charge in [0.15, 0.2) is 0 Å². The zero-order valence-corrected chi connectivity index (χ0v) is 11.9. The van der Waals surface area contributed by atoms with E-state index in [-0.39, 0.29) is 0 Å². The predicted octanol–water partition coefficient (Wildman–Crippen LogP) is 5.47. The van der Waals surface area contributed by atoms with Crippen LogP contribution in [0.2, 0.25) is 0 Å². The van der Waals surface area contributed by atoms with Crippen LogP contribution in [0.5, 0.6) is 0 Å². The monoisotopic (exact) mass is 261 g/mol. The van der Waals surface area contributed by atoms with Gasteiger partial charge in [-0.05, 0) is 40.3 Å². The molecule has 100 valence electrons. The highest BCUT2D eigenvalue weighted by atomic mass is 14.7. The first-order chi connectivity index (χ1) is 9.74. The van der Waals surface area contributed by atoms with Gasteiger partial charge in [-0.25, -0.2) is 0 Å². The maximum Gasteiger partial charge on any atom is 0.0457 e. The number of nitrogens with one attached hydrogen (secondary N) is 1. The molecule has 3 aromatic rings. The van der Waals surface area contributed by atoms with E-state index in [1.807, 2.05) is 6.07 Å². The third-order valence-electron chi connectivity index (χ3n) is 3.65. The predicted molar refractivity (Wildman–Crippen MR) is 85.8 cm³/mol. The van der Waals surface area contributed by atoms with Gasteiger partial charge in [-0.1, -0.05) is 62.4 Å². The van der Waals surface area contributed by atoms with Crippen molar-refractivity contribution in [2.45, 2.75) is 19.8 Å². The highest BCUT2D eigenvalue weighted by Crippen LogP contribution is 2.27. The SMILES string of the molecule is CC(C)c1c[nH]c(-c2cccc(-c3ccccc3)c2)c1. The Hall–Kier alpha value is -2.28. The van der Waals surface area contributed by atoms with E-state index in [1.54, 1.807) is 0 Å². The Morgan fingerprint density at radius 1 is 0.750 bits per heavy atom. The van der Waals surface area contributed by atoms with Crippen LogP contribution < -0.4 is 0 Å². The molecule has 0 amide bonds. The average Bonchev–Trinajstić information content (AvgIpc) is 2.98. The average molecular weight is 261 g/mol. The van der Waals surface area contributed by atoms with Crippen LogP contribution in [0.15, 0.2) is 66.9 Å². The molecule has 1 heterocycles. The minimum Gasteiger partial charge on any atom is -0.361 e. The van der Waals surface area contributed by atoms with Crippen molar-refractivity contribution in [1.82, 2.24) is 4.98 Å². The van der Waals surface area contributed by atoms with Gasteiger partial charge in [0.25, 0.3) is 0 Å². The summed E-state index contributed by atoms with van der Waals surface area (Å²) in [6, 6.07) is 21.4. The van der Waals surface area contributed by atoms with Gasteiger partial charge in [0.2, 0.25) is 0 Å². The van der Waals surface area contributed by atoms with Gasteiger partial charge >= 0.3 is 0 Å². The van der Waals surface area contributed by atoms with E-state index in [0.29, 0.717) is 5.92 Å². The van der Waals surface area contributed by atoms with Crippen molar-refractivity contribution in [2.24, 2.45) is 0 Å². The van der Waals surface area contributed by atoms with E-state index in [1.165, 1.54) is 27.9 Å². The smallest absolute Gasteiger partial charge is 0.0457 e. The van der Waals surface area contributed by atoms with Gasteiger partial charge in [-0.2, -0.15) is 0 Å². The molecule has 0 aliphatic rings. The molecule has 1 heteroatoms. The summed E-state index contributed by atoms with van der Waals surface area (Å²) in [4.78, 5) is 3.38. The lowest BCUT2D eigenvalue weighted by molar-refractivity contribution is 0.869. The normalized spacial score (nSPS) is 10.9. The lowest BCUT2D eigenvalue weighted by Crippen LogP contribution is -1.82. The first kappa shape index (κ1) is 12.7. The molecule has 0 fully saturated rings. The van der Waals surface area contributed by atoms with Crippen LogP contribution in [-0.4, -0.2) is 4.98 Å². The van der Waals surface area contributed by atoms with Gasteiger partial charge in [-0.3, -0.25) is 0 Å². The van der Waals surface area contributed by atoms with Crippen LogP contribution in [0.1, 0.15) is 25.3 Å². The summed E-state index contributed by atoms with van der Waals surface area (Å²) in [6.45, 7) is 4.43. The van der Waals surface area contributed by atoms with Crippen LogP contribution in [0.25, 0.3) is 22.4 Å². The second kappa shape index (κ2) is 5.38. The Balaban J connectivity index is 1.99. The quantitative estimate of drug-likeness (QED) is 0.643. The van der Waals surface area contributed by atoms with Crippen molar-refractivity contribution >= 4 is 0 Å². The molecule has 0 unspecified atom stereocenters. The molecule has 1 N–H and O–H groups in total. The second-order valence-electron chi connectivity index (χ2n) is 5.45. The number of hydrogen-bond acceptors (Lipinski definition) is 0. The summed E-state index contributed by atoms with van der Waals surface area (Å²) in [5, 5.41) is 0. The van der Waals surface area contributed by atoms with Crippen molar-refractivity contribution in [3.05, 3.63) is 72.4 Å². The third-order valence-corrected chi connectivity index (χ3v) is 3.65. The van der Waals surface area contributed by atoms with Crippen LogP contribution in [-0.2, 0) is 0 Å². The molecule has 0 atom stereocenters. The first-order valence-corrected chi connectivity index (χ1v) is 7.08.